The molecular weight excluding hydrogens is 340 g/mol. The summed E-state index contributed by atoms with van der Waals surface area (Å²) in [5.41, 5.74) is 1.97. The zero-order chi connectivity index (χ0) is 19.3. The molecular formula is C18H18N2O6. The van der Waals surface area contributed by atoms with E-state index in [4.69, 9.17) is 4.74 Å². The quantitative estimate of drug-likeness (QED) is 0.483. The van der Waals surface area contributed by atoms with Crippen molar-refractivity contribution in [2.24, 2.45) is 0 Å². The number of hydrogen-bond donors (Lipinski definition) is 1. The van der Waals surface area contributed by atoms with Crippen LogP contribution < -0.4 is 10.1 Å². The zero-order valence-corrected chi connectivity index (χ0v) is 14.6. The van der Waals surface area contributed by atoms with Gasteiger partial charge in [0.1, 0.15) is 0 Å². The number of esters is 1. The van der Waals surface area contributed by atoms with Crippen molar-refractivity contribution in [2.45, 2.75) is 13.8 Å². The molecule has 26 heavy (non-hydrogen) atoms. The lowest BCUT2D eigenvalue weighted by molar-refractivity contribution is -0.385. The standard InChI is InChI=1S/C18H18N2O6/c1-11-4-7-16(15(8-11)20(23)24)26-10-17(21)19-14-9-13(18(22)25-3)6-5-12(14)2/h4-9H,10H2,1-3H3,(H,19,21). The number of aryl methyl sites for hydroxylation is 2. The number of hydrogen-bond acceptors (Lipinski definition) is 6. The molecule has 0 spiro atoms. The summed E-state index contributed by atoms with van der Waals surface area (Å²) in [6, 6.07) is 9.23. The molecule has 0 atom stereocenters. The third kappa shape index (κ3) is 4.56. The van der Waals surface area contributed by atoms with E-state index in [2.05, 4.69) is 10.1 Å². The second-order valence-electron chi connectivity index (χ2n) is 5.59. The number of ether oxygens (including phenoxy) is 2. The molecule has 0 heterocycles. The van der Waals surface area contributed by atoms with E-state index in [1.54, 1.807) is 32.0 Å². The van der Waals surface area contributed by atoms with Gasteiger partial charge in [-0.25, -0.2) is 4.79 Å². The van der Waals surface area contributed by atoms with Gasteiger partial charge >= 0.3 is 11.7 Å². The fourth-order valence-electron chi connectivity index (χ4n) is 2.22. The monoisotopic (exact) mass is 358 g/mol. The van der Waals surface area contributed by atoms with Crippen molar-refractivity contribution in [3.8, 4) is 5.75 Å². The zero-order valence-electron chi connectivity index (χ0n) is 14.6. The molecule has 1 amide bonds. The predicted octanol–water partition coefficient (Wildman–Crippen LogP) is 3.02. The molecule has 8 nitrogen and oxygen atoms in total. The summed E-state index contributed by atoms with van der Waals surface area (Å²) in [7, 11) is 1.27. The minimum absolute atomic E-state index is 0.00998. The maximum absolute atomic E-state index is 12.1. The molecule has 2 aromatic carbocycles. The number of nitrogens with zero attached hydrogens (tertiary/aromatic N) is 1. The fourth-order valence-corrected chi connectivity index (χ4v) is 2.22. The summed E-state index contributed by atoms with van der Waals surface area (Å²) in [6.45, 7) is 3.08. The van der Waals surface area contributed by atoms with Gasteiger partial charge < -0.3 is 14.8 Å². The van der Waals surface area contributed by atoms with Crippen LogP contribution in [0.1, 0.15) is 21.5 Å². The third-order valence-electron chi connectivity index (χ3n) is 3.60. The van der Waals surface area contributed by atoms with Gasteiger partial charge in [0.15, 0.2) is 12.4 Å². The van der Waals surface area contributed by atoms with Gasteiger partial charge in [-0.05, 0) is 43.2 Å². The normalized spacial score (nSPS) is 10.1. The lowest BCUT2D eigenvalue weighted by Gasteiger charge is -2.11. The number of methoxy groups -OCH3 is 1. The smallest absolute Gasteiger partial charge is 0.337 e. The Balaban J connectivity index is 2.08. The maximum atomic E-state index is 12.1. The van der Waals surface area contributed by atoms with Crippen molar-refractivity contribution in [1.29, 1.82) is 0 Å². The first-order chi connectivity index (χ1) is 12.3. The van der Waals surface area contributed by atoms with Crippen LogP contribution in [0.2, 0.25) is 0 Å². The van der Waals surface area contributed by atoms with E-state index in [1.807, 2.05) is 0 Å². The highest BCUT2D eigenvalue weighted by Gasteiger charge is 2.17. The highest BCUT2D eigenvalue weighted by Crippen LogP contribution is 2.27. The summed E-state index contributed by atoms with van der Waals surface area (Å²) >= 11 is 0. The largest absolute Gasteiger partial charge is 0.477 e. The minimum atomic E-state index is -0.565. The molecule has 0 aliphatic heterocycles. The Kier molecular flexibility index (Phi) is 5.90. The molecule has 0 radical (unpaired) electrons. The molecule has 136 valence electrons. The first-order valence-electron chi connectivity index (χ1n) is 7.68. The highest BCUT2D eigenvalue weighted by molar-refractivity contribution is 5.96. The maximum Gasteiger partial charge on any atom is 0.337 e. The van der Waals surface area contributed by atoms with Crippen LogP contribution in [-0.2, 0) is 9.53 Å². The Morgan fingerprint density at radius 3 is 2.54 bits per heavy atom. The molecule has 0 bridgehead atoms. The highest BCUT2D eigenvalue weighted by atomic mass is 16.6. The average Bonchev–Trinajstić information content (AvgIpc) is 2.61. The Hall–Kier alpha value is -3.42. The number of carbonyl (C=O) groups is 2. The first kappa shape index (κ1) is 18.9. The van der Waals surface area contributed by atoms with E-state index in [-0.39, 0.29) is 11.4 Å². The van der Waals surface area contributed by atoms with Crippen molar-refractivity contribution in [2.75, 3.05) is 19.0 Å². The second kappa shape index (κ2) is 8.11. The van der Waals surface area contributed by atoms with Gasteiger partial charge in [0.05, 0.1) is 17.6 Å². The molecule has 0 aromatic heterocycles. The van der Waals surface area contributed by atoms with Crippen molar-refractivity contribution in [1.82, 2.24) is 0 Å². The number of amides is 1. The topological polar surface area (TPSA) is 108 Å². The Bertz CT molecular complexity index is 863. The summed E-state index contributed by atoms with van der Waals surface area (Å²) in [5, 5.41) is 13.7. The lowest BCUT2D eigenvalue weighted by Crippen LogP contribution is -2.21. The van der Waals surface area contributed by atoms with Crippen LogP contribution in [-0.4, -0.2) is 30.5 Å². The number of rotatable bonds is 6. The van der Waals surface area contributed by atoms with Crippen molar-refractivity contribution in [3.63, 3.8) is 0 Å². The van der Waals surface area contributed by atoms with E-state index in [0.717, 1.165) is 5.56 Å². The van der Waals surface area contributed by atoms with Gasteiger partial charge in [-0.1, -0.05) is 12.1 Å². The van der Waals surface area contributed by atoms with Gasteiger partial charge in [-0.3, -0.25) is 14.9 Å². The van der Waals surface area contributed by atoms with E-state index < -0.39 is 23.4 Å². The molecule has 2 rings (SSSR count). The van der Waals surface area contributed by atoms with Gasteiger partial charge in [0.25, 0.3) is 5.91 Å². The Morgan fingerprint density at radius 1 is 1.15 bits per heavy atom. The Labute approximate surface area is 149 Å². The van der Waals surface area contributed by atoms with Crippen LogP contribution in [0.25, 0.3) is 0 Å². The van der Waals surface area contributed by atoms with Crippen LogP contribution >= 0.6 is 0 Å². The van der Waals surface area contributed by atoms with Gasteiger partial charge in [-0.15, -0.1) is 0 Å². The summed E-state index contributed by atoms with van der Waals surface area (Å²) in [6.07, 6.45) is 0. The molecule has 0 unspecified atom stereocenters. The molecule has 0 saturated carbocycles. The molecule has 0 aliphatic carbocycles. The summed E-state index contributed by atoms with van der Waals surface area (Å²) < 4.78 is 9.93. The van der Waals surface area contributed by atoms with Crippen molar-refractivity contribution >= 4 is 23.3 Å². The van der Waals surface area contributed by atoms with Crippen LogP contribution in [0, 0.1) is 24.0 Å². The summed E-state index contributed by atoms with van der Waals surface area (Å²) in [4.78, 5) is 34.2. The van der Waals surface area contributed by atoms with E-state index in [1.165, 1.54) is 25.3 Å². The van der Waals surface area contributed by atoms with E-state index >= 15 is 0 Å². The Morgan fingerprint density at radius 2 is 1.88 bits per heavy atom. The van der Waals surface area contributed by atoms with Crippen LogP contribution in [0.3, 0.4) is 0 Å². The number of carbonyl (C=O) groups excluding carboxylic acids is 2. The van der Waals surface area contributed by atoms with Gasteiger partial charge in [0.2, 0.25) is 0 Å². The minimum Gasteiger partial charge on any atom is -0.477 e. The molecule has 0 aliphatic rings. The van der Waals surface area contributed by atoms with Crippen LogP contribution in [0.4, 0.5) is 11.4 Å². The van der Waals surface area contributed by atoms with Gasteiger partial charge in [0, 0.05) is 11.8 Å². The fraction of sp³-hybridized carbons (Fsp3) is 0.222. The predicted molar refractivity (Wildman–Crippen MR) is 94.5 cm³/mol. The average molecular weight is 358 g/mol. The number of nitro benzene ring substituents is 1. The second-order valence-corrected chi connectivity index (χ2v) is 5.59. The molecule has 0 saturated heterocycles. The number of benzene rings is 2. The lowest BCUT2D eigenvalue weighted by atomic mass is 10.1. The van der Waals surface area contributed by atoms with Crippen molar-refractivity contribution in [3.05, 3.63) is 63.2 Å². The first-order valence-corrected chi connectivity index (χ1v) is 7.68. The van der Waals surface area contributed by atoms with Crippen LogP contribution in [0.5, 0.6) is 5.75 Å². The molecule has 8 heteroatoms. The van der Waals surface area contributed by atoms with E-state index in [9.17, 15) is 19.7 Å². The van der Waals surface area contributed by atoms with Gasteiger partial charge in [-0.2, -0.15) is 0 Å². The number of nitro groups is 1. The van der Waals surface area contributed by atoms with Crippen molar-refractivity contribution < 1.29 is 24.0 Å². The molecule has 0 fully saturated rings. The SMILES string of the molecule is COC(=O)c1ccc(C)c(NC(=O)COc2ccc(C)cc2[N+](=O)[O-])c1. The third-order valence-corrected chi connectivity index (χ3v) is 3.60. The van der Waals surface area contributed by atoms with Crippen LogP contribution in [0.15, 0.2) is 36.4 Å². The number of nitrogens with one attached hydrogen (secondary N) is 1. The molecule has 2 aromatic rings. The van der Waals surface area contributed by atoms with E-state index in [0.29, 0.717) is 16.8 Å². The number of anilines is 1. The summed E-state index contributed by atoms with van der Waals surface area (Å²) in [5.74, 6) is -1.02. The molecule has 1 N–H and O–H groups in total.